The Hall–Kier alpha value is -1.99. The van der Waals surface area contributed by atoms with Crippen LogP contribution in [0, 0.1) is 18.6 Å². The highest BCUT2D eigenvalue weighted by molar-refractivity contribution is 7.89. The Morgan fingerprint density at radius 1 is 1.09 bits per heavy atom. The van der Waals surface area contributed by atoms with E-state index in [1.807, 2.05) is 0 Å². The number of hydrogen-bond acceptors (Lipinski definition) is 3. The van der Waals surface area contributed by atoms with E-state index in [1.54, 1.807) is 13.0 Å². The summed E-state index contributed by atoms with van der Waals surface area (Å²) in [5.41, 5.74) is 1.22. The molecule has 0 aliphatic heterocycles. The van der Waals surface area contributed by atoms with Crippen molar-refractivity contribution in [1.82, 2.24) is 4.72 Å². The minimum Gasteiger partial charge on any atom is -0.496 e. The molecular formula is C16H17F2NO3S. The van der Waals surface area contributed by atoms with E-state index in [0.717, 1.165) is 12.1 Å². The maximum absolute atomic E-state index is 13.1. The van der Waals surface area contributed by atoms with Gasteiger partial charge in [0.25, 0.3) is 0 Å². The number of benzene rings is 2. The van der Waals surface area contributed by atoms with E-state index in [1.165, 1.54) is 25.3 Å². The maximum Gasteiger partial charge on any atom is 0.240 e. The van der Waals surface area contributed by atoms with Crippen molar-refractivity contribution in [3.05, 3.63) is 59.2 Å². The van der Waals surface area contributed by atoms with E-state index in [9.17, 15) is 17.2 Å². The highest BCUT2D eigenvalue weighted by Crippen LogP contribution is 2.21. The van der Waals surface area contributed by atoms with Crippen LogP contribution in [0.1, 0.15) is 11.1 Å². The van der Waals surface area contributed by atoms with E-state index in [2.05, 4.69) is 4.72 Å². The van der Waals surface area contributed by atoms with Gasteiger partial charge in [-0.25, -0.2) is 21.9 Å². The molecule has 0 aromatic heterocycles. The van der Waals surface area contributed by atoms with E-state index >= 15 is 0 Å². The summed E-state index contributed by atoms with van der Waals surface area (Å²) in [4.78, 5) is 0.126. The Morgan fingerprint density at radius 2 is 1.83 bits per heavy atom. The normalized spacial score (nSPS) is 11.5. The van der Waals surface area contributed by atoms with Gasteiger partial charge in [-0.15, -0.1) is 0 Å². The number of hydrogen-bond donors (Lipinski definition) is 1. The van der Waals surface area contributed by atoms with Crippen LogP contribution < -0.4 is 9.46 Å². The third-order valence-corrected chi connectivity index (χ3v) is 4.83. The molecule has 2 aromatic rings. The van der Waals surface area contributed by atoms with E-state index in [0.29, 0.717) is 16.9 Å². The van der Waals surface area contributed by atoms with Gasteiger partial charge in [0.15, 0.2) is 11.6 Å². The van der Waals surface area contributed by atoms with Gasteiger partial charge >= 0.3 is 0 Å². The van der Waals surface area contributed by atoms with E-state index in [4.69, 9.17) is 4.74 Å². The van der Waals surface area contributed by atoms with Crippen molar-refractivity contribution >= 4 is 10.0 Å². The fraction of sp³-hybridized carbons (Fsp3) is 0.250. The first-order valence-electron chi connectivity index (χ1n) is 6.92. The lowest BCUT2D eigenvalue weighted by atomic mass is 10.1. The van der Waals surface area contributed by atoms with Gasteiger partial charge in [0.2, 0.25) is 10.0 Å². The lowest BCUT2D eigenvalue weighted by Gasteiger charge is -2.10. The van der Waals surface area contributed by atoms with Gasteiger partial charge in [0.1, 0.15) is 5.75 Å². The molecular weight excluding hydrogens is 324 g/mol. The molecule has 7 heteroatoms. The van der Waals surface area contributed by atoms with Crippen molar-refractivity contribution in [2.24, 2.45) is 0 Å². The summed E-state index contributed by atoms with van der Waals surface area (Å²) >= 11 is 0. The first-order valence-corrected chi connectivity index (χ1v) is 8.40. The molecule has 2 rings (SSSR count). The molecule has 0 aliphatic rings. The molecule has 0 saturated heterocycles. The summed E-state index contributed by atoms with van der Waals surface area (Å²) in [7, 11) is -2.16. The van der Waals surface area contributed by atoms with Crippen molar-refractivity contribution < 1.29 is 21.9 Å². The highest BCUT2D eigenvalue weighted by atomic mass is 32.2. The quantitative estimate of drug-likeness (QED) is 0.879. The Bertz CT molecular complexity index is 807. The fourth-order valence-electron chi connectivity index (χ4n) is 2.13. The molecule has 0 fully saturated rings. The average Bonchev–Trinajstić information content (AvgIpc) is 2.50. The van der Waals surface area contributed by atoms with Crippen molar-refractivity contribution in [3.63, 3.8) is 0 Å². The minimum absolute atomic E-state index is 0.0818. The van der Waals surface area contributed by atoms with Gasteiger partial charge in [-0.1, -0.05) is 6.07 Å². The van der Waals surface area contributed by atoms with Crippen LogP contribution in [0.4, 0.5) is 8.78 Å². The first-order chi connectivity index (χ1) is 10.8. The largest absolute Gasteiger partial charge is 0.496 e. The fourth-order valence-corrected chi connectivity index (χ4v) is 3.24. The number of rotatable bonds is 6. The lowest BCUT2D eigenvalue weighted by molar-refractivity contribution is 0.411. The van der Waals surface area contributed by atoms with Crippen LogP contribution in [0.25, 0.3) is 0 Å². The Kier molecular flexibility index (Phi) is 5.33. The molecule has 0 radical (unpaired) electrons. The zero-order chi connectivity index (χ0) is 17.0. The Morgan fingerprint density at radius 3 is 2.43 bits per heavy atom. The van der Waals surface area contributed by atoms with E-state index in [-0.39, 0.29) is 17.9 Å². The molecule has 2 aromatic carbocycles. The SMILES string of the molecule is COc1ccc(S(=O)(=O)NCCc2ccc(F)c(F)c2)cc1C. The molecule has 0 unspecified atom stereocenters. The van der Waals surface area contributed by atoms with Gasteiger partial charge in [0.05, 0.1) is 12.0 Å². The van der Waals surface area contributed by atoms with E-state index < -0.39 is 21.7 Å². The smallest absolute Gasteiger partial charge is 0.240 e. The molecule has 1 N–H and O–H groups in total. The monoisotopic (exact) mass is 341 g/mol. The van der Waals surface area contributed by atoms with Crippen LogP contribution in [0.15, 0.2) is 41.3 Å². The van der Waals surface area contributed by atoms with Gasteiger partial charge < -0.3 is 4.74 Å². The summed E-state index contributed by atoms with van der Waals surface area (Å²) in [6.45, 7) is 1.83. The van der Waals surface area contributed by atoms with Crippen LogP contribution in [-0.4, -0.2) is 22.1 Å². The third-order valence-electron chi connectivity index (χ3n) is 3.37. The maximum atomic E-state index is 13.1. The molecule has 0 atom stereocenters. The highest BCUT2D eigenvalue weighted by Gasteiger charge is 2.15. The van der Waals surface area contributed by atoms with Crippen LogP contribution >= 0.6 is 0 Å². The standard InChI is InChI=1S/C16H17F2NO3S/c1-11-9-13(4-6-16(11)22-2)23(20,21)19-8-7-12-3-5-14(17)15(18)10-12/h3-6,9-10,19H,7-8H2,1-2H3. The van der Waals surface area contributed by atoms with Crippen LogP contribution in [0.2, 0.25) is 0 Å². The number of nitrogens with one attached hydrogen (secondary N) is 1. The number of halogens is 2. The molecule has 0 spiro atoms. The van der Waals surface area contributed by atoms with Gasteiger partial charge in [-0.3, -0.25) is 0 Å². The lowest BCUT2D eigenvalue weighted by Crippen LogP contribution is -2.26. The van der Waals surface area contributed by atoms with Crippen LogP contribution in [0.5, 0.6) is 5.75 Å². The molecule has 124 valence electrons. The topological polar surface area (TPSA) is 55.4 Å². The molecule has 0 heterocycles. The first kappa shape index (κ1) is 17.4. The summed E-state index contributed by atoms with van der Waals surface area (Å²) < 4.78 is 57.9. The predicted molar refractivity (Wildman–Crippen MR) is 83.0 cm³/mol. The molecule has 0 aliphatic carbocycles. The average molecular weight is 341 g/mol. The molecule has 0 bridgehead atoms. The van der Waals surface area contributed by atoms with Crippen molar-refractivity contribution in [1.29, 1.82) is 0 Å². The summed E-state index contributed by atoms with van der Waals surface area (Å²) in [6, 6.07) is 8.04. The van der Waals surface area contributed by atoms with Crippen molar-refractivity contribution in [2.45, 2.75) is 18.2 Å². The second-order valence-corrected chi connectivity index (χ2v) is 6.79. The summed E-state index contributed by atoms with van der Waals surface area (Å²) in [6.07, 6.45) is 0.256. The summed E-state index contributed by atoms with van der Waals surface area (Å²) in [5.74, 6) is -1.27. The third kappa shape index (κ3) is 4.27. The zero-order valence-electron chi connectivity index (χ0n) is 12.8. The summed E-state index contributed by atoms with van der Waals surface area (Å²) in [5, 5.41) is 0. The van der Waals surface area contributed by atoms with Gasteiger partial charge in [0, 0.05) is 6.54 Å². The van der Waals surface area contributed by atoms with Crippen LogP contribution in [0.3, 0.4) is 0 Å². The van der Waals surface area contributed by atoms with Crippen molar-refractivity contribution in [2.75, 3.05) is 13.7 Å². The second-order valence-electron chi connectivity index (χ2n) is 5.03. The Balaban J connectivity index is 2.04. The molecule has 0 saturated carbocycles. The number of ether oxygens (including phenoxy) is 1. The second kappa shape index (κ2) is 7.06. The van der Waals surface area contributed by atoms with Crippen LogP contribution in [-0.2, 0) is 16.4 Å². The number of aryl methyl sites for hydroxylation is 1. The molecule has 23 heavy (non-hydrogen) atoms. The number of methoxy groups -OCH3 is 1. The van der Waals surface area contributed by atoms with Gasteiger partial charge in [-0.05, 0) is 54.8 Å². The molecule has 0 amide bonds. The molecule has 4 nitrogen and oxygen atoms in total. The number of sulfonamides is 1. The minimum atomic E-state index is -3.67. The van der Waals surface area contributed by atoms with Gasteiger partial charge in [-0.2, -0.15) is 0 Å². The zero-order valence-corrected chi connectivity index (χ0v) is 13.6. The predicted octanol–water partition coefficient (Wildman–Crippen LogP) is 2.80. The van der Waals surface area contributed by atoms with Crippen molar-refractivity contribution in [3.8, 4) is 5.75 Å². The Labute approximate surface area is 134 Å².